The van der Waals surface area contributed by atoms with E-state index in [2.05, 4.69) is 31.2 Å². The molecule has 1 nitrogen and oxygen atoms in total. The van der Waals surface area contributed by atoms with Gasteiger partial charge in [-0.1, -0.05) is 53.6 Å². The van der Waals surface area contributed by atoms with Gasteiger partial charge in [-0.2, -0.15) is 0 Å². The van der Waals surface area contributed by atoms with Crippen molar-refractivity contribution in [2.24, 2.45) is 5.73 Å². The van der Waals surface area contributed by atoms with E-state index in [1.165, 1.54) is 11.1 Å². The topological polar surface area (TPSA) is 26.0 Å². The summed E-state index contributed by atoms with van der Waals surface area (Å²) in [6, 6.07) is 16.5. The van der Waals surface area contributed by atoms with E-state index in [-0.39, 0.29) is 11.3 Å². The molecule has 2 rings (SSSR count). The molecule has 3 heteroatoms. The Labute approximate surface area is 124 Å². The molecule has 0 fully saturated rings. The first-order chi connectivity index (χ1) is 9.08. The summed E-state index contributed by atoms with van der Waals surface area (Å²) in [4.78, 5) is 1.08. The van der Waals surface area contributed by atoms with Gasteiger partial charge in [-0.25, -0.2) is 0 Å². The lowest BCUT2D eigenvalue weighted by molar-refractivity contribution is 0.721. The minimum Gasteiger partial charge on any atom is -0.327 e. The molecule has 0 amide bonds. The third kappa shape index (κ3) is 3.75. The second-order valence-corrected chi connectivity index (χ2v) is 6.33. The van der Waals surface area contributed by atoms with Gasteiger partial charge in [0.15, 0.2) is 0 Å². The number of nitrogens with two attached hydrogens (primary N) is 1. The predicted octanol–water partition coefficient (Wildman–Crippen LogP) is 4.83. The lowest BCUT2D eigenvalue weighted by Crippen LogP contribution is -2.22. The van der Waals surface area contributed by atoms with Gasteiger partial charge in [-0.05, 0) is 31.5 Å². The molecule has 2 aromatic rings. The molecule has 0 saturated heterocycles. The standard InChI is InChI=1S/C16H18ClNS/c1-11-7-9-13(10-8-11)16(12(2)18)19-15-6-4-3-5-14(15)17/h3-10,12,16H,18H2,1-2H3. The molecule has 0 aliphatic carbocycles. The Kier molecular flexibility index (Phi) is 4.92. The van der Waals surface area contributed by atoms with Crippen LogP contribution >= 0.6 is 23.4 Å². The highest BCUT2D eigenvalue weighted by Gasteiger charge is 2.18. The van der Waals surface area contributed by atoms with Gasteiger partial charge in [-0.3, -0.25) is 0 Å². The molecule has 0 aromatic heterocycles. The summed E-state index contributed by atoms with van der Waals surface area (Å²) < 4.78 is 0. The number of benzene rings is 2. The molecular weight excluding hydrogens is 274 g/mol. The Morgan fingerprint density at radius 1 is 1.05 bits per heavy atom. The van der Waals surface area contributed by atoms with E-state index in [1.807, 2.05) is 31.2 Å². The zero-order valence-electron chi connectivity index (χ0n) is 11.1. The van der Waals surface area contributed by atoms with Gasteiger partial charge >= 0.3 is 0 Å². The monoisotopic (exact) mass is 291 g/mol. The zero-order valence-corrected chi connectivity index (χ0v) is 12.7. The first-order valence-corrected chi connectivity index (χ1v) is 7.57. The Hall–Kier alpha value is -0.960. The zero-order chi connectivity index (χ0) is 13.8. The van der Waals surface area contributed by atoms with Crippen LogP contribution in [0.1, 0.15) is 23.3 Å². The van der Waals surface area contributed by atoms with Crippen molar-refractivity contribution in [3.63, 3.8) is 0 Å². The van der Waals surface area contributed by atoms with Gasteiger partial charge in [0.05, 0.1) is 5.02 Å². The van der Waals surface area contributed by atoms with Gasteiger partial charge in [0.25, 0.3) is 0 Å². The predicted molar refractivity (Wildman–Crippen MR) is 84.9 cm³/mol. The van der Waals surface area contributed by atoms with Gasteiger partial charge < -0.3 is 5.73 Å². The Morgan fingerprint density at radius 2 is 1.68 bits per heavy atom. The summed E-state index contributed by atoms with van der Waals surface area (Å²) in [6.07, 6.45) is 0. The van der Waals surface area contributed by atoms with E-state index >= 15 is 0 Å². The first kappa shape index (κ1) is 14.4. The number of thioether (sulfide) groups is 1. The fourth-order valence-corrected chi connectivity index (χ4v) is 3.30. The second-order valence-electron chi connectivity index (χ2n) is 4.74. The minimum absolute atomic E-state index is 0.0592. The largest absolute Gasteiger partial charge is 0.327 e. The van der Waals surface area contributed by atoms with Crippen LogP contribution in [0.5, 0.6) is 0 Å². The highest BCUT2D eigenvalue weighted by Crippen LogP contribution is 2.40. The molecule has 0 radical (unpaired) electrons. The third-order valence-electron chi connectivity index (χ3n) is 2.97. The van der Waals surface area contributed by atoms with Crippen molar-refractivity contribution < 1.29 is 0 Å². The summed E-state index contributed by atoms with van der Waals surface area (Å²) in [5.41, 5.74) is 8.64. The van der Waals surface area contributed by atoms with E-state index in [9.17, 15) is 0 Å². The highest BCUT2D eigenvalue weighted by molar-refractivity contribution is 7.99. The van der Waals surface area contributed by atoms with Crippen molar-refractivity contribution in [3.05, 3.63) is 64.7 Å². The maximum absolute atomic E-state index is 6.22. The van der Waals surface area contributed by atoms with Gasteiger partial charge in [-0.15, -0.1) is 11.8 Å². The van der Waals surface area contributed by atoms with E-state index in [1.54, 1.807) is 11.8 Å². The van der Waals surface area contributed by atoms with Crippen LogP contribution in [0, 0.1) is 6.92 Å². The van der Waals surface area contributed by atoms with Gasteiger partial charge in [0.2, 0.25) is 0 Å². The van der Waals surface area contributed by atoms with Gasteiger partial charge in [0.1, 0.15) is 0 Å². The number of halogens is 1. The molecular formula is C16H18ClNS. The van der Waals surface area contributed by atoms with Crippen molar-refractivity contribution in [1.82, 2.24) is 0 Å². The fourth-order valence-electron chi connectivity index (χ4n) is 1.91. The molecule has 100 valence electrons. The second kappa shape index (κ2) is 6.47. The molecule has 0 aliphatic heterocycles. The maximum Gasteiger partial charge on any atom is 0.0542 e. The molecule has 2 unspecified atom stereocenters. The van der Waals surface area contributed by atoms with Crippen LogP contribution in [0.4, 0.5) is 0 Å². The molecule has 2 N–H and O–H groups in total. The Morgan fingerprint density at radius 3 is 2.26 bits per heavy atom. The van der Waals surface area contributed by atoms with Crippen LogP contribution < -0.4 is 5.73 Å². The SMILES string of the molecule is Cc1ccc(C(Sc2ccccc2Cl)C(C)N)cc1. The van der Waals surface area contributed by atoms with Crippen molar-refractivity contribution in [3.8, 4) is 0 Å². The van der Waals surface area contributed by atoms with E-state index < -0.39 is 0 Å². The first-order valence-electron chi connectivity index (χ1n) is 6.31. The molecule has 2 aromatic carbocycles. The summed E-state index contributed by atoms with van der Waals surface area (Å²) in [6.45, 7) is 4.13. The van der Waals surface area contributed by atoms with Crippen LogP contribution in [0.25, 0.3) is 0 Å². The molecule has 0 saturated carbocycles. The number of rotatable bonds is 4. The van der Waals surface area contributed by atoms with E-state index in [4.69, 9.17) is 17.3 Å². The van der Waals surface area contributed by atoms with E-state index in [0.717, 1.165) is 9.92 Å². The summed E-state index contributed by atoms with van der Waals surface area (Å²) in [7, 11) is 0. The van der Waals surface area contributed by atoms with Crippen LogP contribution in [0.15, 0.2) is 53.4 Å². The Balaban J connectivity index is 2.26. The summed E-state index contributed by atoms with van der Waals surface area (Å²) in [5, 5.41) is 0.991. The molecule has 0 aliphatic rings. The average Bonchev–Trinajstić information content (AvgIpc) is 2.39. The van der Waals surface area contributed by atoms with Crippen LogP contribution in [0.2, 0.25) is 5.02 Å². The average molecular weight is 292 g/mol. The normalized spacial score (nSPS) is 14.1. The third-order valence-corrected chi connectivity index (χ3v) is 4.98. The summed E-state index contributed by atoms with van der Waals surface area (Å²) >= 11 is 7.95. The number of aryl methyl sites for hydroxylation is 1. The van der Waals surface area contributed by atoms with Crippen molar-refractivity contribution in [1.29, 1.82) is 0 Å². The molecule has 0 bridgehead atoms. The molecule has 19 heavy (non-hydrogen) atoms. The molecule has 0 spiro atoms. The van der Waals surface area contributed by atoms with Gasteiger partial charge in [0, 0.05) is 16.2 Å². The smallest absolute Gasteiger partial charge is 0.0542 e. The molecule has 2 atom stereocenters. The quantitative estimate of drug-likeness (QED) is 0.817. The van der Waals surface area contributed by atoms with E-state index in [0.29, 0.717) is 0 Å². The van der Waals surface area contributed by atoms with Crippen molar-refractivity contribution >= 4 is 23.4 Å². The van der Waals surface area contributed by atoms with Crippen molar-refractivity contribution in [2.75, 3.05) is 0 Å². The number of hydrogen-bond donors (Lipinski definition) is 1. The molecule has 0 heterocycles. The van der Waals surface area contributed by atoms with Crippen molar-refractivity contribution in [2.45, 2.75) is 30.0 Å². The van der Waals surface area contributed by atoms with Crippen LogP contribution in [-0.4, -0.2) is 6.04 Å². The van der Waals surface area contributed by atoms with Crippen LogP contribution in [-0.2, 0) is 0 Å². The van der Waals surface area contributed by atoms with Crippen LogP contribution in [0.3, 0.4) is 0 Å². The minimum atomic E-state index is 0.0592. The summed E-state index contributed by atoms with van der Waals surface area (Å²) in [5.74, 6) is 0. The lowest BCUT2D eigenvalue weighted by Gasteiger charge is -2.21. The highest BCUT2D eigenvalue weighted by atomic mass is 35.5. The Bertz CT molecular complexity index is 537. The lowest BCUT2D eigenvalue weighted by atomic mass is 10.1. The maximum atomic E-state index is 6.22. The number of hydrogen-bond acceptors (Lipinski definition) is 2. The fraction of sp³-hybridized carbons (Fsp3) is 0.250.